The van der Waals surface area contributed by atoms with Gasteiger partial charge in [0.1, 0.15) is 0 Å². The van der Waals surface area contributed by atoms with Gasteiger partial charge in [-0.15, -0.1) is 0 Å². The first-order chi connectivity index (χ1) is 11.2. The van der Waals surface area contributed by atoms with Crippen LogP contribution in [0, 0.1) is 17.8 Å². The third-order valence-corrected chi connectivity index (χ3v) is 5.52. The smallest absolute Gasteiger partial charge is 0.220 e. The Morgan fingerprint density at radius 2 is 2.00 bits per heavy atom. The van der Waals surface area contributed by atoms with Crippen molar-refractivity contribution < 1.29 is 14.3 Å². The van der Waals surface area contributed by atoms with Gasteiger partial charge in [-0.2, -0.15) is 0 Å². The van der Waals surface area contributed by atoms with E-state index in [2.05, 4.69) is 5.32 Å². The molecular weight excluding hydrogens is 290 g/mol. The molecule has 2 saturated carbocycles. The fourth-order valence-corrected chi connectivity index (χ4v) is 4.32. The summed E-state index contributed by atoms with van der Waals surface area (Å²) < 4.78 is 10.5. The zero-order chi connectivity index (χ0) is 16.2. The molecule has 23 heavy (non-hydrogen) atoms. The number of nitrogens with one attached hydrogen (secondary N) is 1. The van der Waals surface area contributed by atoms with Crippen LogP contribution in [-0.4, -0.2) is 26.7 Å². The zero-order valence-corrected chi connectivity index (χ0v) is 14.1. The highest BCUT2D eigenvalue weighted by molar-refractivity contribution is 5.76. The summed E-state index contributed by atoms with van der Waals surface area (Å²) in [7, 11) is 3.27. The second-order valence-electron chi connectivity index (χ2n) is 6.93. The number of fused-ring (bicyclic) bond motifs is 2. The molecule has 4 nitrogen and oxygen atoms in total. The highest BCUT2D eigenvalue weighted by atomic mass is 16.5. The van der Waals surface area contributed by atoms with Crippen LogP contribution in [0.4, 0.5) is 0 Å². The second kappa shape index (κ2) is 7.24. The number of ether oxygens (including phenoxy) is 2. The molecule has 0 radical (unpaired) electrons. The van der Waals surface area contributed by atoms with E-state index in [1.807, 2.05) is 18.2 Å². The predicted molar refractivity (Wildman–Crippen MR) is 89.8 cm³/mol. The van der Waals surface area contributed by atoms with Gasteiger partial charge in [-0.3, -0.25) is 4.79 Å². The van der Waals surface area contributed by atoms with Gasteiger partial charge in [0, 0.05) is 13.0 Å². The standard InChI is InChI=1S/C19H27NO3/c1-22-17-6-4-13(11-18(17)23-2)7-8-20-19(21)12-16-10-14-3-5-15(16)9-14/h4,6,11,14-16H,3,5,7-10,12H2,1-2H3,(H,20,21)/t14-,15+,16-/m0/s1. The first-order valence-corrected chi connectivity index (χ1v) is 8.67. The van der Waals surface area contributed by atoms with E-state index in [9.17, 15) is 4.79 Å². The summed E-state index contributed by atoms with van der Waals surface area (Å²) in [6.45, 7) is 0.676. The van der Waals surface area contributed by atoms with Crippen molar-refractivity contribution in [1.29, 1.82) is 0 Å². The van der Waals surface area contributed by atoms with Crippen molar-refractivity contribution in [2.75, 3.05) is 20.8 Å². The van der Waals surface area contributed by atoms with Crippen LogP contribution in [0.3, 0.4) is 0 Å². The van der Waals surface area contributed by atoms with Crippen LogP contribution < -0.4 is 14.8 Å². The van der Waals surface area contributed by atoms with E-state index in [-0.39, 0.29) is 5.91 Å². The number of carbonyl (C=O) groups is 1. The molecule has 3 rings (SSSR count). The molecule has 0 aliphatic heterocycles. The van der Waals surface area contributed by atoms with E-state index in [1.165, 1.54) is 25.7 Å². The average molecular weight is 317 g/mol. The van der Waals surface area contributed by atoms with Crippen LogP contribution in [0.2, 0.25) is 0 Å². The lowest BCUT2D eigenvalue weighted by atomic mass is 9.86. The summed E-state index contributed by atoms with van der Waals surface area (Å²) >= 11 is 0. The minimum Gasteiger partial charge on any atom is -0.493 e. The Kier molecular flexibility index (Phi) is 5.09. The third kappa shape index (κ3) is 3.80. The van der Waals surface area contributed by atoms with Crippen LogP contribution in [0.5, 0.6) is 11.5 Å². The van der Waals surface area contributed by atoms with Gasteiger partial charge < -0.3 is 14.8 Å². The van der Waals surface area contributed by atoms with Crippen LogP contribution in [0.25, 0.3) is 0 Å². The minimum atomic E-state index is 0.211. The van der Waals surface area contributed by atoms with Crippen molar-refractivity contribution in [2.24, 2.45) is 17.8 Å². The van der Waals surface area contributed by atoms with Gasteiger partial charge in [-0.25, -0.2) is 0 Å². The van der Waals surface area contributed by atoms with E-state index < -0.39 is 0 Å². The fourth-order valence-electron chi connectivity index (χ4n) is 4.32. The molecule has 1 aromatic rings. The third-order valence-electron chi connectivity index (χ3n) is 5.52. The number of methoxy groups -OCH3 is 2. The molecule has 0 saturated heterocycles. The van der Waals surface area contributed by atoms with Gasteiger partial charge in [-0.1, -0.05) is 12.5 Å². The Hall–Kier alpha value is -1.71. The van der Waals surface area contributed by atoms with Crippen molar-refractivity contribution in [2.45, 2.75) is 38.5 Å². The Labute approximate surface area is 138 Å². The lowest BCUT2D eigenvalue weighted by Crippen LogP contribution is -2.29. The first-order valence-electron chi connectivity index (χ1n) is 8.67. The van der Waals surface area contributed by atoms with Crippen LogP contribution >= 0.6 is 0 Å². The molecule has 3 atom stereocenters. The quantitative estimate of drug-likeness (QED) is 0.840. The summed E-state index contributed by atoms with van der Waals surface area (Å²) in [6.07, 6.45) is 6.89. The Balaban J connectivity index is 1.43. The maximum atomic E-state index is 12.1. The van der Waals surface area contributed by atoms with Gasteiger partial charge in [-0.05, 0) is 61.1 Å². The van der Waals surface area contributed by atoms with Gasteiger partial charge in [0.15, 0.2) is 11.5 Å². The van der Waals surface area contributed by atoms with Crippen molar-refractivity contribution >= 4 is 5.91 Å². The summed E-state index contributed by atoms with van der Waals surface area (Å²) in [5, 5.41) is 3.07. The van der Waals surface area contributed by atoms with E-state index in [0.717, 1.165) is 35.3 Å². The fraction of sp³-hybridized carbons (Fsp3) is 0.632. The topological polar surface area (TPSA) is 47.6 Å². The van der Waals surface area contributed by atoms with Crippen molar-refractivity contribution in [1.82, 2.24) is 5.32 Å². The molecule has 2 aliphatic carbocycles. The molecule has 1 N–H and O–H groups in total. The number of amides is 1. The molecule has 126 valence electrons. The number of hydrogen-bond donors (Lipinski definition) is 1. The number of hydrogen-bond acceptors (Lipinski definition) is 3. The Morgan fingerprint density at radius 3 is 2.65 bits per heavy atom. The minimum absolute atomic E-state index is 0.211. The molecule has 0 unspecified atom stereocenters. The predicted octanol–water partition coefficient (Wildman–Crippen LogP) is 3.19. The lowest BCUT2D eigenvalue weighted by Gasteiger charge is -2.20. The molecular formula is C19H27NO3. The molecule has 2 aliphatic rings. The molecule has 1 aromatic carbocycles. The Bertz CT molecular complexity index is 558. The van der Waals surface area contributed by atoms with Crippen molar-refractivity contribution in [3.05, 3.63) is 23.8 Å². The van der Waals surface area contributed by atoms with E-state index in [1.54, 1.807) is 14.2 Å². The van der Waals surface area contributed by atoms with Crippen LogP contribution in [0.1, 0.15) is 37.7 Å². The van der Waals surface area contributed by atoms with Crippen molar-refractivity contribution in [3.8, 4) is 11.5 Å². The molecule has 0 heterocycles. The van der Waals surface area contributed by atoms with E-state index in [4.69, 9.17) is 9.47 Å². The molecule has 2 fully saturated rings. The van der Waals surface area contributed by atoms with E-state index in [0.29, 0.717) is 18.9 Å². The van der Waals surface area contributed by atoms with Gasteiger partial charge in [0.05, 0.1) is 14.2 Å². The summed E-state index contributed by atoms with van der Waals surface area (Å²) in [5.41, 5.74) is 1.14. The SMILES string of the molecule is COc1ccc(CCNC(=O)C[C@@H]2C[C@H]3CC[C@@H]2C3)cc1OC. The number of benzene rings is 1. The number of carbonyl (C=O) groups excluding carboxylic acids is 1. The highest BCUT2D eigenvalue weighted by Gasteiger charge is 2.39. The zero-order valence-electron chi connectivity index (χ0n) is 14.1. The maximum absolute atomic E-state index is 12.1. The molecule has 1 amide bonds. The Morgan fingerprint density at radius 1 is 1.17 bits per heavy atom. The molecule has 0 spiro atoms. The maximum Gasteiger partial charge on any atom is 0.220 e. The van der Waals surface area contributed by atoms with Crippen LogP contribution in [0.15, 0.2) is 18.2 Å². The second-order valence-corrected chi connectivity index (χ2v) is 6.93. The monoisotopic (exact) mass is 317 g/mol. The first kappa shape index (κ1) is 16.2. The number of rotatable bonds is 7. The lowest BCUT2D eigenvalue weighted by molar-refractivity contribution is -0.122. The van der Waals surface area contributed by atoms with Crippen molar-refractivity contribution in [3.63, 3.8) is 0 Å². The highest BCUT2D eigenvalue weighted by Crippen LogP contribution is 2.49. The van der Waals surface area contributed by atoms with E-state index >= 15 is 0 Å². The normalized spacial score (nSPS) is 25.4. The molecule has 0 aromatic heterocycles. The average Bonchev–Trinajstić information content (AvgIpc) is 3.17. The summed E-state index contributed by atoms with van der Waals surface area (Å²) in [4.78, 5) is 12.1. The molecule has 2 bridgehead atoms. The van der Waals surface area contributed by atoms with Gasteiger partial charge >= 0.3 is 0 Å². The van der Waals surface area contributed by atoms with Crippen LogP contribution in [-0.2, 0) is 11.2 Å². The van der Waals surface area contributed by atoms with Gasteiger partial charge in [0.25, 0.3) is 0 Å². The molecule has 4 heteroatoms. The largest absolute Gasteiger partial charge is 0.493 e. The summed E-state index contributed by atoms with van der Waals surface area (Å²) in [5.74, 6) is 4.04. The summed E-state index contributed by atoms with van der Waals surface area (Å²) in [6, 6.07) is 5.90. The van der Waals surface area contributed by atoms with Gasteiger partial charge in [0.2, 0.25) is 5.91 Å².